The lowest BCUT2D eigenvalue weighted by Crippen LogP contribution is -2.24. The second-order valence-electron chi connectivity index (χ2n) is 19.2. The Bertz CT molecular complexity index is 2870. The van der Waals surface area contributed by atoms with Crippen LogP contribution in [0.5, 0.6) is 0 Å². The number of ether oxygens (including phenoxy) is 1. The van der Waals surface area contributed by atoms with E-state index in [0.29, 0.717) is 30.3 Å². The van der Waals surface area contributed by atoms with Crippen molar-refractivity contribution in [2.75, 3.05) is 6.61 Å². The van der Waals surface area contributed by atoms with Crippen LogP contribution in [0.25, 0.3) is 66.1 Å². The van der Waals surface area contributed by atoms with Crippen LogP contribution in [0.3, 0.4) is 0 Å². The average Bonchev–Trinajstić information content (AvgIpc) is 4.15. The zero-order valence-electron chi connectivity index (χ0n) is 37.3. The first-order valence-electron chi connectivity index (χ1n) is 23.7. The molecule has 0 N–H and O–H groups in total. The number of hydrogen-bond donors (Lipinski definition) is 0. The highest BCUT2D eigenvalue weighted by Crippen LogP contribution is 2.53. The van der Waals surface area contributed by atoms with Crippen LogP contribution >= 0.6 is 0 Å². The van der Waals surface area contributed by atoms with Crippen molar-refractivity contribution in [3.05, 3.63) is 182 Å². The van der Waals surface area contributed by atoms with Crippen LogP contribution in [-0.2, 0) is 14.9 Å². The molecule has 0 spiro atoms. The van der Waals surface area contributed by atoms with Gasteiger partial charge < -0.3 is 13.9 Å². The number of carbonyl (C=O) groups is 1. The zero-order chi connectivity index (χ0) is 43.5. The van der Waals surface area contributed by atoms with Crippen molar-refractivity contribution >= 4 is 49.6 Å². The second-order valence-corrected chi connectivity index (χ2v) is 19.2. The van der Waals surface area contributed by atoms with Crippen molar-refractivity contribution in [1.82, 2.24) is 9.13 Å². The quantitative estimate of drug-likeness (QED) is 0.0698. The van der Waals surface area contributed by atoms with E-state index >= 15 is 0 Å². The Kier molecular flexibility index (Phi) is 10.3. The monoisotopic (exact) mass is 838 g/mol. The van der Waals surface area contributed by atoms with Gasteiger partial charge in [-0.15, -0.1) is 13.2 Å². The normalized spacial score (nSPS) is 22.5. The van der Waals surface area contributed by atoms with Crippen molar-refractivity contribution in [1.29, 1.82) is 0 Å². The molecule has 2 saturated carbocycles. The molecule has 64 heavy (non-hydrogen) atoms. The van der Waals surface area contributed by atoms with Gasteiger partial charge in [-0.05, 0) is 139 Å². The van der Waals surface area contributed by atoms with Crippen LogP contribution in [-0.4, -0.2) is 21.7 Å². The lowest BCUT2D eigenvalue weighted by molar-refractivity contribution is -0.149. The molecule has 11 rings (SSSR count). The molecule has 0 amide bonds. The first-order valence-corrected chi connectivity index (χ1v) is 23.7. The number of hydrogen-bond acceptors (Lipinski definition) is 2. The van der Waals surface area contributed by atoms with Crippen LogP contribution in [0.1, 0.15) is 69.9 Å². The Hall–Kier alpha value is -6.39. The van der Waals surface area contributed by atoms with Crippen LogP contribution in [0.15, 0.2) is 171 Å². The molecule has 320 valence electrons. The smallest absolute Gasteiger partial charge is 0.309 e. The number of carbonyl (C=O) groups excluding carboxylic acids is 1. The van der Waals surface area contributed by atoms with E-state index in [9.17, 15) is 4.79 Å². The molecule has 4 heteroatoms. The molecular formula is C60H58N2O2. The Balaban J connectivity index is 0.924. The zero-order valence-corrected chi connectivity index (χ0v) is 37.3. The third-order valence-electron chi connectivity index (χ3n) is 15.8. The van der Waals surface area contributed by atoms with Crippen LogP contribution in [0.2, 0.25) is 0 Å². The fraction of sp³-hybridized carbons (Fsp3) is 0.283. The van der Waals surface area contributed by atoms with Gasteiger partial charge in [0.1, 0.15) is 0 Å². The lowest BCUT2D eigenvalue weighted by Gasteiger charge is -2.29. The van der Waals surface area contributed by atoms with Gasteiger partial charge in [0.25, 0.3) is 0 Å². The maximum absolute atomic E-state index is 14.1. The van der Waals surface area contributed by atoms with Gasteiger partial charge in [-0.1, -0.05) is 130 Å². The third-order valence-corrected chi connectivity index (χ3v) is 15.8. The molecule has 6 unspecified atom stereocenters. The molecule has 6 atom stereocenters. The number of esters is 1. The number of nitrogens with zero attached hydrogens (tertiary/aromatic N) is 2. The topological polar surface area (TPSA) is 36.2 Å². The highest BCUT2D eigenvalue weighted by Gasteiger charge is 2.41. The molecule has 0 saturated heterocycles. The molecule has 8 aromatic rings. The van der Waals surface area contributed by atoms with Crippen molar-refractivity contribution < 1.29 is 9.53 Å². The molecule has 4 nitrogen and oxygen atoms in total. The minimum absolute atomic E-state index is 0.0551. The highest BCUT2D eigenvalue weighted by atomic mass is 16.5. The molecule has 6 aromatic carbocycles. The fourth-order valence-electron chi connectivity index (χ4n) is 12.5. The SMILES string of the molecule is C=CC1CC(/C=C\C2CC(C=C)C(CC)C2)C(C(=O)OCCCC2(C)c3cc(-n4c5ccccc5c5ccccc54)ccc3-c3ccc(-n4c5ccccc5c5ccccc54)cc32)C1. The summed E-state index contributed by atoms with van der Waals surface area (Å²) in [5.74, 6) is 2.17. The Morgan fingerprint density at radius 3 is 1.59 bits per heavy atom. The predicted molar refractivity (Wildman–Crippen MR) is 266 cm³/mol. The lowest BCUT2D eigenvalue weighted by atomic mass is 9.76. The van der Waals surface area contributed by atoms with Gasteiger partial charge in [0.2, 0.25) is 0 Å². The number of aromatic nitrogens is 2. The predicted octanol–water partition coefficient (Wildman–Crippen LogP) is 15.1. The molecule has 0 aliphatic heterocycles. The molecule has 0 bridgehead atoms. The van der Waals surface area contributed by atoms with E-state index in [-0.39, 0.29) is 23.2 Å². The van der Waals surface area contributed by atoms with E-state index in [1.807, 2.05) is 6.08 Å². The summed E-state index contributed by atoms with van der Waals surface area (Å²) in [5, 5.41) is 5.02. The summed E-state index contributed by atoms with van der Waals surface area (Å²) >= 11 is 0. The van der Waals surface area contributed by atoms with Gasteiger partial charge in [0.05, 0.1) is 34.6 Å². The van der Waals surface area contributed by atoms with Crippen molar-refractivity contribution in [2.45, 2.75) is 64.2 Å². The van der Waals surface area contributed by atoms with E-state index in [2.05, 4.69) is 188 Å². The van der Waals surface area contributed by atoms with Gasteiger partial charge >= 0.3 is 5.97 Å². The molecule has 2 heterocycles. The minimum atomic E-state index is -0.339. The molecular weight excluding hydrogens is 781 g/mol. The second kappa shape index (κ2) is 16.3. The number of rotatable bonds is 12. The Morgan fingerprint density at radius 2 is 1.12 bits per heavy atom. The summed E-state index contributed by atoms with van der Waals surface area (Å²) < 4.78 is 11.2. The Morgan fingerprint density at radius 1 is 0.625 bits per heavy atom. The third kappa shape index (κ3) is 6.59. The highest BCUT2D eigenvalue weighted by molar-refractivity contribution is 6.10. The van der Waals surface area contributed by atoms with Gasteiger partial charge in [0, 0.05) is 38.3 Å². The van der Waals surface area contributed by atoms with Crippen LogP contribution < -0.4 is 0 Å². The number of para-hydroxylation sites is 4. The van der Waals surface area contributed by atoms with Gasteiger partial charge in [-0.3, -0.25) is 4.79 Å². The van der Waals surface area contributed by atoms with E-state index in [0.717, 1.165) is 43.5 Å². The standard InChI is InChI=1S/C60H58N2O2/c1-5-39-33-43(26-25-40-34-41(6-2)42(7-3)35-40)52(36-39)59(63)64-32-16-31-60(4)53-37-44(61-55-21-12-8-17-48(55)49-18-9-13-22-56(49)61)27-29-46(53)47-30-28-45(38-54(47)60)62-57-23-14-10-19-50(57)51-20-11-15-24-58(51)62/h5-6,8-15,17-30,37-43,52H,1-2,7,16,31-36H2,3-4H3/b26-25-. The number of allylic oxidation sites excluding steroid dienone is 4. The number of fused-ring (bicyclic) bond motifs is 9. The summed E-state index contributed by atoms with van der Waals surface area (Å²) in [6.45, 7) is 13.4. The molecule has 2 aromatic heterocycles. The summed E-state index contributed by atoms with van der Waals surface area (Å²) in [6, 6.07) is 49.1. The first kappa shape index (κ1) is 40.4. The summed E-state index contributed by atoms with van der Waals surface area (Å²) in [4.78, 5) is 14.1. The van der Waals surface area contributed by atoms with E-state index in [1.165, 1.54) is 78.7 Å². The van der Waals surface area contributed by atoms with Crippen LogP contribution in [0.4, 0.5) is 0 Å². The van der Waals surface area contributed by atoms with Gasteiger partial charge in [0.15, 0.2) is 0 Å². The summed E-state index contributed by atoms with van der Waals surface area (Å²) in [5.41, 5.74) is 12.0. The maximum atomic E-state index is 14.1. The molecule has 2 fully saturated rings. The van der Waals surface area contributed by atoms with Gasteiger partial charge in [-0.2, -0.15) is 0 Å². The van der Waals surface area contributed by atoms with Crippen LogP contribution in [0, 0.1) is 35.5 Å². The molecule has 3 aliphatic rings. The first-order chi connectivity index (χ1) is 31.4. The summed E-state index contributed by atoms with van der Waals surface area (Å²) in [6.07, 6.45) is 15.9. The van der Waals surface area contributed by atoms with E-state index in [4.69, 9.17) is 4.74 Å². The van der Waals surface area contributed by atoms with E-state index < -0.39 is 0 Å². The largest absolute Gasteiger partial charge is 0.465 e. The van der Waals surface area contributed by atoms with E-state index in [1.54, 1.807) is 0 Å². The van der Waals surface area contributed by atoms with Gasteiger partial charge in [-0.25, -0.2) is 0 Å². The van der Waals surface area contributed by atoms with Crippen molar-refractivity contribution in [3.8, 4) is 22.5 Å². The number of benzene rings is 6. The fourth-order valence-corrected chi connectivity index (χ4v) is 12.5. The Labute approximate surface area is 377 Å². The van der Waals surface area contributed by atoms with Crippen molar-refractivity contribution in [2.24, 2.45) is 35.5 Å². The molecule has 3 aliphatic carbocycles. The van der Waals surface area contributed by atoms with Crippen molar-refractivity contribution in [3.63, 3.8) is 0 Å². The minimum Gasteiger partial charge on any atom is -0.465 e. The molecule has 0 radical (unpaired) electrons. The average molecular weight is 839 g/mol. The summed E-state index contributed by atoms with van der Waals surface area (Å²) in [7, 11) is 0. The maximum Gasteiger partial charge on any atom is 0.309 e.